The summed E-state index contributed by atoms with van der Waals surface area (Å²) in [5, 5.41) is 22.1. The normalized spacial score (nSPS) is 16.6. The number of carbonyl (C=O) groups is 1. The zero-order valence-corrected chi connectivity index (χ0v) is 18.2. The van der Waals surface area contributed by atoms with E-state index in [4.69, 9.17) is 23.2 Å². The van der Waals surface area contributed by atoms with Gasteiger partial charge < -0.3 is 10.2 Å². The fourth-order valence-electron chi connectivity index (χ4n) is 4.35. The first-order valence-corrected chi connectivity index (χ1v) is 10.6. The van der Waals surface area contributed by atoms with Crippen molar-refractivity contribution in [3.63, 3.8) is 0 Å². The van der Waals surface area contributed by atoms with Crippen molar-refractivity contribution in [3.8, 4) is 0 Å². The number of hydrogen-bond acceptors (Lipinski definition) is 3. The van der Waals surface area contributed by atoms with Gasteiger partial charge in [-0.2, -0.15) is 0 Å². The Bertz CT molecular complexity index is 1070. The molecule has 0 aromatic heterocycles. The topological polar surface area (TPSA) is 60.8 Å². The molecule has 2 N–H and O–H groups in total. The lowest BCUT2D eigenvalue weighted by Crippen LogP contribution is -2.66. The van der Waals surface area contributed by atoms with Gasteiger partial charge in [-0.15, -0.1) is 0 Å². The van der Waals surface area contributed by atoms with Gasteiger partial charge in [0.15, 0.2) is 0 Å². The number of nitrogens with zero attached hydrogens (tertiary/aromatic N) is 1. The van der Waals surface area contributed by atoms with Crippen LogP contribution in [0.1, 0.15) is 28.7 Å². The highest BCUT2D eigenvalue weighted by atomic mass is 35.5. The van der Waals surface area contributed by atoms with Gasteiger partial charge in [0.05, 0.1) is 6.04 Å². The molecule has 1 saturated heterocycles. The van der Waals surface area contributed by atoms with Crippen molar-refractivity contribution in [3.05, 3.63) is 105 Å². The number of benzene rings is 3. The summed E-state index contributed by atoms with van der Waals surface area (Å²) in [7, 11) is 0. The third kappa shape index (κ3) is 4.50. The van der Waals surface area contributed by atoms with E-state index in [1.54, 1.807) is 24.3 Å². The summed E-state index contributed by atoms with van der Waals surface area (Å²) >= 11 is 12.1. The fourth-order valence-corrected chi connectivity index (χ4v) is 4.60. The van der Waals surface area contributed by atoms with Crippen molar-refractivity contribution in [1.82, 2.24) is 4.90 Å². The van der Waals surface area contributed by atoms with Gasteiger partial charge in [-0.3, -0.25) is 9.69 Å². The minimum Gasteiger partial charge on any atom is -0.481 e. The molecule has 1 aliphatic heterocycles. The lowest BCUT2D eigenvalue weighted by Gasteiger charge is -2.52. The third-order valence-electron chi connectivity index (χ3n) is 5.69. The maximum absolute atomic E-state index is 13.7. The number of likely N-dealkylation sites (tertiary alicyclic amines) is 1. The van der Waals surface area contributed by atoms with Crippen LogP contribution in [0.3, 0.4) is 0 Å². The summed E-state index contributed by atoms with van der Waals surface area (Å²) in [5.41, 5.74) is -0.0417. The summed E-state index contributed by atoms with van der Waals surface area (Å²) < 4.78 is 27.5. The van der Waals surface area contributed by atoms with Crippen LogP contribution in [0.5, 0.6) is 0 Å². The number of hydrogen-bond donors (Lipinski definition) is 2. The highest BCUT2D eigenvalue weighted by Crippen LogP contribution is 2.43. The molecule has 0 aliphatic carbocycles. The average molecular weight is 478 g/mol. The Labute approximate surface area is 193 Å². The Morgan fingerprint density at radius 3 is 1.69 bits per heavy atom. The maximum Gasteiger partial charge on any atom is 0.314 e. The van der Waals surface area contributed by atoms with E-state index in [1.165, 1.54) is 0 Å². The maximum atomic E-state index is 13.7. The Morgan fingerprint density at radius 2 is 1.28 bits per heavy atom. The monoisotopic (exact) mass is 477 g/mol. The highest BCUT2D eigenvalue weighted by molar-refractivity contribution is 6.30. The molecule has 1 aliphatic rings. The standard InChI is InChI=1S/C24H19Cl2F2NO3/c25-17-5-1-14(2-6-17)22(15-3-7-18(26)8-4-15)29-12-24(32,13-29)21(23(30)31)16-9-19(27)11-20(28)10-16/h1-11,21-22,32H,12-13H2,(H,30,31). The van der Waals surface area contributed by atoms with Crippen LogP contribution in [0, 0.1) is 11.6 Å². The molecule has 0 bridgehead atoms. The average Bonchev–Trinajstić information content (AvgIpc) is 2.69. The summed E-state index contributed by atoms with van der Waals surface area (Å²) in [5.74, 6) is -4.64. The molecule has 1 heterocycles. The Kier molecular flexibility index (Phi) is 6.23. The Balaban J connectivity index is 1.66. The smallest absolute Gasteiger partial charge is 0.314 e. The number of aliphatic carboxylic acids is 1. The molecule has 0 spiro atoms. The second-order valence-electron chi connectivity index (χ2n) is 7.99. The molecule has 0 saturated carbocycles. The third-order valence-corrected chi connectivity index (χ3v) is 6.20. The van der Waals surface area contributed by atoms with Crippen LogP contribution in [0.25, 0.3) is 0 Å². The van der Waals surface area contributed by atoms with Crippen molar-refractivity contribution in [2.75, 3.05) is 13.1 Å². The van der Waals surface area contributed by atoms with E-state index in [1.807, 2.05) is 29.2 Å². The summed E-state index contributed by atoms with van der Waals surface area (Å²) in [6.45, 7) is -0.0317. The molecule has 0 radical (unpaired) electrons. The quantitative estimate of drug-likeness (QED) is 0.507. The molecule has 3 aromatic rings. The van der Waals surface area contributed by atoms with E-state index in [0.717, 1.165) is 23.3 Å². The van der Waals surface area contributed by atoms with Crippen molar-refractivity contribution >= 4 is 29.2 Å². The molecule has 4 rings (SSSR count). The zero-order valence-electron chi connectivity index (χ0n) is 16.7. The highest BCUT2D eigenvalue weighted by Gasteiger charge is 2.53. The second-order valence-corrected chi connectivity index (χ2v) is 8.86. The molecular formula is C24H19Cl2F2NO3. The molecule has 0 amide bonds. The van der Waals surface area contributed by atoms with Crippen LogP contribution in [0.15, 0.2) is 66.7 Å². The SMILES string of the molecule is O=C(O)C(c1cc(F)cc(F)c1)C1(O)CN(C(c2ccc(Cl)cc2)c2ccc(Cl)cc2)C1. The second kappa shape index (κ2) is 8.79. The van der Waals surface area contributed by atoms with E-state index in [2.05, 4.69) is 0 Å². The molecule has 4 nitrogen and oxygen atoms in total. The van der Waals surface area contributed by atoms with Crippen LogP contribution < -0.4 is 0 Å². The van der Waals surface area contributed by atoms with Gasteiger partial charge in [-0.05, 0) is 53.1 Å². The lowest BCUT2D eigenvalue weighted by molar-refractivity contribution is -0.163. The van der Waals surface area contributed by atoms with E-state index in [9.17, 15) is 23.8 Å². The number of rotatable bonds is 6. The van der Waals surface area contributed by atoms with Crippen molar-refractivity contribution < 1.29 is 23.8 Å². The molecule has 3 aromatic carbocycles. The van der Waals surface area contributed by atoms with Crippen molar-refractivity contribution in [2.24, 2.45) is 0 Å². The van der Waals surface area contributed by atoms with Gasteiger partial charge in [0.1, 0.15) is 23.2 Å². The fraction of sp³-hybridized carbons (Fsp3) is 0.208. The first-order valence-electron chi connectivity index (χ1n) is 9.82. The minimum atomic E-state index is -1.71. The largest absolute Gasteiger partial charge is 0.481 e. The van der Waals surface area contributed by atoms with Crippen LogP contribution >= 0.6 is 23.2 Å². The Hall–Kier alpha value is -2.51. The molecule has 1 unspecified atom stereocenters. The number of carboxylic acid groups (broad SMARTS) is 1. The van der Waals surface area contributed by atoms with Gasteiger partial charge >= 0.3 is 5.97 Å². The molecule has 8 heteroatoms. The van der Waals surface area contributed by atoms with Gasteiger partial charge in [-0.25, -0.2) is 8.78 Å². The van der Waals surface area contributed by atoms with Crippen LogP contribution in [0.2, 0.25) is 10.0 Å². The number of halogens is 4. The molecule has 166 valence electrons. The summed E-state index contributed by atoms with van der Waals surface area (Å²) in [4.78, 5) is 13.9. The minimum absolute atomic E-state index is 0.0159. The predicted octanol–water partition coefficient (Wildman–Crippen LogP) is 5.28. The number of carboxylic acids is 1. The Morgan fingerprint density at radius 1 is 0.844 bits per heavy atom. The predicted molar refractivity (Wildman–Crippen MR) is 118 cm³/mol. The molecule has 1 fully saturated rings. The summed E-state index contributed by atoms with van der Waals surface area (Å²) in [6.07, 6.45) is 0. The van der Waals surface area contributed by atoms with Crippen LogP contribution in [0.4, 0.5) is 8.78 Å². The lowest BCUT2D eigenvalue weighted by atomic mass is 9.75. The van der Waals surface area contributed by atoms with Gasteiger partial charge in [-0.1, -0.05) is 47.5 Å². The molecule has 1 atom stereocenters. The van der Waals surface area contributed by atoms with Crippen molar-refractivity contribution in [1.29, 1.82) is 0 Å². The molecular weight excluding hydrogens is 459 g/mol. The van der Waals surface area contributed by atoms with Crippen molar-refractivity contribution in [2.45, 2.75) is 17.6 Å². The number of aliphatic hydroxyl groups is 1. The van der Waals surface area contributed by atoms with Gasteiger partial charge in [0.2, 0.25) is 0 Å². The van der Waals surface area contributed by atoms with Crippen LogP contribution in [-0.2, 0) is 4.79 Å². The van der Waals surface area contributed by atoms with E-state index in [0.29, 0.717) is 16.1 Å². The van der Waals surface area contributed by atoms with Gasteiger partial charge in [0, 0.05) is 29.2 Å². The summed E-state index contributed by atoms with van der Waals surface area (Å²) in [6, 6.07) is 16.7. The zero-order chi connectivity index (χ0) is 23.0. The van der Waals surface area contributed by atoms with E-state index >= 15 is 0 Å². The number of β-amino-alcohol motifs (C(OH)–C–C–N with tert-alkyl or cyclic N) is 1. The first-order chi connectivity index (χ1) is 15.2. The van der Waals surface area contributed by atoms with E-state index < -0.39 is 29.1 Å². The van der Waals surface area contributed by atoms with Crippen LogP contribution in [-0.4, -0.2) is 39.8 Å². The van der Waals surface area contributed by atoms with E-state index in [-0.39, 0.29) is 24.7 Å². The van der Waals surface area contributed by atoms with Gasteiger partial charge in [0.25, 0.3) is 0 Å². The first kappa shape index (κ1) is 22.7. The molecule has 32 heavy (non-hydrogen) atoms.